The average molecular weight is 171 g/mol. The molecule has 64 valence electrons. The van der Waals surface area contributed by atoms with Crippen LogP contribution in [0.4, 0.5) is 0 Å². The molecule has 2 rings (SSSR count). The van der Waals surface area contributed by atoms with E-state index >= 15 is 0 Å². The molecular formula is C10H9N3. The van der Waals surface area contributed by atoms with Gasteiger partial charge in [0.25, 0.3) is 0 Å². The van der Waals surface area contributed by atoms with Gasteiger partial charge in [0.2, 0.25) is 0 Å². The van der Waals surface area contributed by atoms with Gasteiger partial charge in [-0.1, -0.05) is 6.07 Å². The Morgan fingerprint density at radius 1 is 1.38 bits per heavy atom. The third-order valence-corrected chi connectivity index (χ3v) is 2.12. The second-order valence-electron chi connectivity index (χ2n) is 3.02. The van der Waals surface area contributed by atoms with Crippen LogP contribution in [0.2, 0.25) is 0 Å². The molecule has 0 aromatic carbocycles. The fraction of sp³-hybridized carbons (Fsp3) is 0.200. The Morgan fingerprint density at radius 3 is 2.85 bits per heavy atom. The van der Waals surface area contributed by atoms with E-state index in [2.05, 4.69) is 11.1 Å². The van der Waals surface area contributed by atoms with Crippen molar-refractivity contribution in [3.05, 3.63) is 35.3 Å². The molecule has 0 atom stereocenters. The lowest BCUT2D eigenvalue weighted by molar-refractivity contribution is 1.07. The predicted octanol–water partition coefficient (Wildman–Crippen LogP) is 1.82. The van der Waals surface area contributed by atoms with E-state index in [4.69, 9.17) is 5.26 Å². The molecule has 0 saturated carbocycles. The van der Waals surface area contributed by atoms with E-state index in [0.29, 0.717) is 5.69 Å². The molecule has 0 amide bonds. The molecule has 0 aliphatic heterocycles. The Hall–Kier alpha value is -1.82. The van der Waals surface area contributed by atoms with Gasteiger partial charge in [-0.25, -0.2) is 4.98 Å². The number of nitrogens with zero attached hydrogens (tertiary/aromatic N) is 3. The first-order valence-corrected chi connectivity index (χ1v) is 4.09. The Morgan fingerprint density at radius 2 is 2.15 bits per heavy atom. The van der Waals surface area contributed by atoms with Crippen LogP contribution in [0, 0.1) is 25.2 Å². The van der Waals surface area contributed by atoms with Gasteiger partial charge in [-0.2, -0.15) is 5.26 Å². The molecule has 0 radical (unpaired) electrons. The van der Waals surface area contributed by atoms with Gasteiger partial charge >= 0.3 is 0 Å². The first-order valence-electron chi connectivity index (χ1n) is 4.09. The number of fused-ring (bicyclic) bond motifs is 1. The van der Waals surface area contributed by atoms with Crippen LogP contribution in [0.1, 0.15) is 17.1 Å². The van der Waals surface area contributed by atoms with Crippen molar-refractivity contribution in [2.24, 2.45) is 0 Å². The van der Waals surface area contributed by atoms with Gasteiger partial charge in [-0.15, -0.1) is 0 Å². The number of pyridine rings is 1. The van der Waals surface area contributed by atoms with Gasteiger partial charge in [0.15, 0.2) is 0 Å². The molecule has 0 aliphatic carbocycles. The fourth-order valence-electron chi connectivity index (χ4n) is 1.50. The Labute approximate surface area is 76.3 Å². The highest BCUT2D eigenvalue weighted by molar-refractivity contribution is 5.48. The van der Waals surface area contributed by atoms with Crippen molar-refractivity contribution in [1.82, 2.24) is 9.38 Å². The highest BCUT2D eigenvalue weighted by Crippen LogP contribution is 2.12. The SMILES string of the molecule is Cc1nc2cccc(C)n2c1C#N. The molecule has 0 bridgehead atoms. The summed E-state index contributed by atoms with van der Waals surface area (Å²) in [4.78, 5) is 4.29. The summed E-state index contributed by atoms with van der Waals surface area (Å²) in [6, 6.07) is 7.97. The van der Waals surface area contributed by atoms with Crippen LogP contribution in [-0.2, 0) is 0 Å². The summed E-state index contributed by atoms with van der Waals surface area (Å²) in [6.07, 6.45) is 0. The zero-order chi connectivity index (χ0) is 9.42. The maximum absolute atomic E-state index is 8.92. The van der Waals surface area contributed by atoms with Crippen molar-refractivity contribution >= 4 is 5.65 Å². The molecule has 2 aromatic heterocycles. The number of aromatic nitrogens is 2. The quantitative estimate of drug-likeness (QED) is 0.606. The maximum atomic E-state index is 8.92. The standard InChI is InChI=1S/C10H9N3/c1-7-4-3-5-10-12-8(2)9(6-11)13(7)10/h3-5H,1-2H3. The van der Waals surface area contributed by atoms with Crippen LogP contribution < -0.4 is 0 Å². The van der Waals surface area contributed by atoms with Gasteiger partial charge in [0.1, 0.15) is 17.4 Å². The van der Waals surface area contributed by atoms with Crippen molar-refractivity contribution in [3.63, 3.8) is 0 Å². The van der Waals surface area contributed by atoms with E-state index in [1.54, 1.807) is 0 Å². The highest BCUT2D eigenvalue weighted by Gasteiger charge is 2.08. The largest absolute Gasteiger partial charge is 0.288 e. The van der Waals surface area contributed by atoms with Gasteiger partial charge in [0, 0.05) is 5.69 Å². The molecule has 0 spiro atoms. The molecule has 0 N–H and O–H groups in total. The van der Waals surface area contributed by atoms with Crippen molar-refractivity contribution in [2.75, 3.05) is 0 Å². The molecule has 2 heterocycles. The molecule has 13 heavy (non-hydrogen) atoms. The Balaban J connectivity index is 2.99. The second kappa shape index (κ2) is 2.60. The number of aryl methyl sites for hydroxylation is 2. The lowest BCUT2D eigenvalue weighted by Gasteiger charge is -1.98. The molecule has 0 fully saturated rings. The molecule has 0 unspecified atom stereocenters. The summed E-state index contributed by atoms with van der Waals surface area (Å²) in [5.41, 5.74) is 3.30. The van der Waals surface area contributed by atoms with E-state index in [1.165, 1.54) is 0 Å². The summed E-state index contributed by atoms with van der Waals surface area (Å²) in [5, 5.41) is 8.92. The van der Waals surface area contributed by atoms with E-state index in [1.807, 2.05) is 36.4 Å². The number of hydrogen-bond donors (Lipinski definition) is 0. The average Bonchev–Trinajstić information content (AvgIpc) is 2.42. The van der Waals surface area contributed by atoms with E-state index in [9.17, 15) is 0 Å². The summed E-state index contributed by atoms with van der Waals surface area (Å²) in [5.74, 6) is 0. The molecule has 0 aliphatic rings. The van der Waals surface area contributed by atoms with Crippen LogP contribution in [0.3, 0.4) is 0 Å². The van der Waals surface area contributed by atoms with Crippen LogP contribution in [0.15, 0.2) is 18.2 Å². The first-order chi connectivity index (χ1) is 6.24. The predicted molar refractivity (Wildman–Crippen MR) is 49.4 cm³/mol. The molecule has 3 heteroatoms. The fourth-order valence-corrected chi connectivity index (χ4v) is 1.50. The van der Waals surface area contributed by atoms with Crippen molar-refractivity contribution in [2.45, 2.75) is 13.8 Å². The van der Waals surface area contributed by atoms with Crippen molar-refractivity contribution in [1.29, 1.82) is 5.26 Å². The number of rotatable bonds is 0. The topological polar surface area (TPSA) is 41.1 Å². The van der Waals surface area contributed by atoms with E-state index < -0.39 is 0 Å². The number of hydrogen-bond acceptors (Lipinski definition) is 2. The second-order valence-corrected chi connectivity index (χ2v) is 3.02. The van der Waals surface area contributed by atoms with Gasteiger partial charge in [0.05, 0.1) is 5.69 Å². The highest BCUT2D eigenvalue weighted by atomic mass is 15.0. The molecule has 3 nitrogen and oxygen atoms in total. The van der Waals surface area contributed by atoms with Crippen LogP contribution in [-0.4, -0.2) is 9.38 Å². The van der Waals surface area contributed by atoms with Crippen LogP contribution >= 0.6 is 0 Å². The molecular weight excluding hydrogens is 162 g/mol. The third-order valence-electron chi connectivity index (χ3n) is 2.12. The molecule has 2 aromatic rings. The smallest absolute Gasteiger partial charge is 0.147 e. The first kappa shape index (κ1) is 7.81. The van der Waals surface area contributed by atoms with Gasteiger partial charge in [-0.05, 0) is 26.0 Å². The number of imidazole rings is 1. The minimum absolute atomic E-state index is 0.633. The Kier molecular flexibility index (Phi) is 1.56. The van der Waals surface area contributed by atoms with Gasteiger partial charge < -0.3 is 0 Å². The summed E-state index contributed by atoms with van der Waals surface area (Å²) < 4.78 is 1.87. The van der Waals surface area contributed by atoms with Crippen LogP contribution in [0.25, 0.3) is 5.65 Å². The summed E-state index contributed by atoms with van der Waals surface area (Å²) >= 11 is 0. The molecule has 0 saturated heterocycles. The van der Waals surface area contributed by atoms with Crippen molar-refractivity contribution < 1.29 is 0 Å². The number of nitriles is 1. The lowest BCUT2D eigenvalue weighted by Crippen LogP contribution is -1.93. The zero-order valence-electron chi connectivity index (χ0n) is 7.57. The lowest BCUT2D eigenvalue weighted by atomic mass is 10.3. The third kappa shape index (κ3) is 0.994. The maximum Gasteiger partial charge on any atom is 0.147 e. The minimum Gasteiger partial charge on any atom is -0.288 e. The monoisotopic (exact) mass is 171 g/mol. The van der Waals surface area contributed by atoms with E-state index in [0.717, 1.165) is 17.0 Å². The van der Waals surface area contributed by atoms with Crippen LogP contribution in [0.5, 0.6) is 0 Å². The Bertz CT molecular complexity index is 503. The minimum atomic E-state index is 0.633. The van der Waals surface area contributed by atoms with E-state index in [-0.39, 0.29) is 0 Å². The normalized spacial score (nSPS) is 10.2. The summed E-state index contributed by atoms with van der Waals surface area (Å²) in [6.45, 7) is 3.82. The van der Waals surface area contributed by atoms with Crippen molar-refractivity contribution in [3.8, 4) is 6.07 Å². The summed E-state index contributed by atoms with van der Waals surface area (Å²) in [7, 11) is 0. The zero-order valence-corrected chi connectivity index (χ0v) is 7.57. The van der Waals surface area contributed by atoms with Gasteiger partial charge in [-0.3, -0.25) is 4.40 Å².